The van der Waals surface area contributed by atoms with Gasteiger partial charge in [0.2, 0.25) is 0 Å². The molecule has 0 heterocycles. The summed E-state index contributed by atoms with van der Waals surface area (Å²) in [6.45, 7) is 5.92. The summed E-state index contributed by atoms with van der Waals surface area (Å²) < 4.78 is 15.6. The maximum atomic E-state index is 11.1. The van der Waals surface area contributed by atoms with Crippen molar-refractivity contribution in [2.24, 2.45) is 0 Å². The van der Waals surface area contributed by atoms with Crippen LogP contribution in [0.5, 0.6) is 0 Å². The quantitative estimate of drug-likeness (QED) is 0.141. The molecule has 0 aromatic rings. The van der Waals surface area contributed by atoms with Crippen LogP contribution in [0, 0.1) is 0 Å². The molecule has 0 aliphatic rings. The second-order valence-corrected chi connectivity index (χ2v) is 8.41. The third-order valence-electron chi connectivity index (χ3n) is 5.25. The first-order valence-electron chi connectivity index (χ1n) is 12.4. The molecular weight excluding hydrogens is 380 g/mol. The van der Waals surface area contributed by atoms with E-state index >= 15 is 0 Å². The van der Waals surface area contributed by atoms with E-state index in [2.05, 4.69) is 6.92 Å². The lowest BCUT2D eigenvalue weighted by molar-refractivity contribution is -0.159. The molecule has 0 N–H and O–H groups in total. The first-order chi connectivity index (χ1) is 14.6. The summed E-state index contributed by atoms with van der Waals surface area (Å²) in [5, 5.41) is 0. The van der Waals surface area contributed by atoms with Gasteiger partial charge in [-0.1, -0.05) is 103 Å². The van der Waals surface area contributed by atoms with Crippen LogP contribution in [0.3, 0.4) is 0 Å². The molecule has 0 spiro atoms. The molecule has 0 aromatic carbocycles. The molecule has 0 saturated carbocycles. The van der Waals surface area contributed by atoms with E-state index in [0.717, 1.165) is 6.42 Å². The third-order valence-corrected chi connectivity index (χ3v) is 5.25. The topological polar surface area (TPSA) is 61.8 Å². The summed E-state index contributed by atoms with van der Waals surface area (Å²) >= 11 is 0. The Hall–Kier alpha value is -1.10. The molecular formula is C25H48O5. The van der Waals surface area contributed by atoms with E-state index in [1.54, 1.807) is 0 Å². The van der Waals surface area contributed by atoms with Crippen LogP contribution in [0.4, 0.5) is 0 Å². The van der Waals surface area contributed by atoms with Crippen molar-refractivity contribution < 1.29 is 23.8 Å². The Morgan fingerprint density at radius 2 is 1.03 bits per heavy atom. The number of esters is 2. The van der Waals surface area contributed by atoms with Crippen LogP contribution in [0.15, 0.2) is 0 Å². The molecule has 0 radical (unpaired) electrons. The van der Waals surface area contributed by atoms with Crippen LogP contribution in [0.2, 0.25) is 0 Å². The molecule has 0 aliphatic heterocycles. The molecule has 1 atom stereocenters. The highest BCUT2D eigenvalue weighted by Gasteiger charge is 2.14. The smallest absolute Gasteiger partial charge is 0.303 e. The Bertz CT molecular complexity index is 397. The molecule has 178 valence electrons. The van der Waals surface area contributed by atoms with Gasteiger partial charge in [-0.05, 0) is 6.42 Å². The highest BCUT2D eigenvalue weighted by Crippen LogP contribution is 2.13. The van der Waals surface area contributed by atoms with Crippen molar-refractivity contribution in [3.05, 3.63) is 0 Å². The van der Waals surface area contributed by atoms with Crippen molar-refractivity contribution in [3.63, 3.8) is 0 Å². The van der Waals surface area contributed by atoms with Gasteiger partial charge in [0.1, 0.15) is 6.61 Å². The largest absolute Gasteiger partial charge is 0.462 e. The Morgan fingerprint density at radius 3 is 1.43 bits per heavy atom. The summed E-state index contributed by atoms with van der Waals surface area (Å²) in [5.41, 5.74) is 0. The number of unbranched alkanes of at least 4 members (excludes halogenated alkanes) is 15. The normalized spacial score (nSPS) is 12.0. The maximum Gasteiger partial charge on any atom is 0.303 e. The minimum absolute atomic E-state index is 0.0495. The number of ether oxygens (including phenoxy) is 3. The third kappa shape index (κ3) is 23.2. The zero-order valence-corrected chi connectivity index (χ0v) is 20.1. The Morgan fingerprint density at radius 1 is 0.600 bits per heavy atom. The minimum atomic E-state index is -0.521. The summed E-state index contributed by atoms with van der Waals surface area (Å²) in [7, 11) is 0. The first kappa shape index (κ1) is 28.9. The Kier molecular flexibility index (Phi) is 21.8. The van der Waals surface area contributed by atoms with E-state index in [0.29, 0.717) is 6.61 Å². The predicted molar refractivity (Wildman–Crippen MR) is 123 cm³/mol. The van der Waals surface area contributed by atoms with Gasteiger partial charge < -0.3 is 14.2 Å². The molecule has 0 aromatic heterocycles. The number of carbonyl (C=O) groups excluding carboxylic acids is 2. The molecule has 0 saturated heterocycles. The van der Waals surface area contributed by atoms with Crippen LogP contribution in [0.25, 0.3) is 0 Å². The minimum Gasteiger partial charge on any atom is -0.462 e. The van der Waals surface area contributed by atoms with Gasteiger partial charge in [0, 0.05) is 20.5 Å². The maximum absolute atomic E-state index is 11.1. The Labute approximate surface area is 185 Å². The highest BCUT2D eigenvalue weighted by atomic mass is 16.6. The second kappa shape index (κ2) is 22.6. The van der Waals surface area contributed by atoms with Gasteiger partial charge in [0.05, 0.1) is 6.61 Å². The SMILES string of the molecule is CCCCCCCCCCCCCCCCCCOC[C@@H](COC(C)=O)OC(C)=O. The van der Waals surface area contributed by atoms with E-state index in [9.17, 15) is 9.59 Å². The van der Waals surface area contributed by atoms with E-state index in [4.69, 9.17) is 14.2 Å². The zero-order chi connectivity index (χ0) is 22.3. The van der Waals surface area contributed by atoms with Crippen LogP contribution >= 0.6 is 0 Å². The van der Waals surface area contributed by atoms with E-state index in [1.165, 1.54) is 110 Å². The summed E-state index contributed by atoms with van der Waals surface area (Å²) in [6.07, 6.45) is 21.0. The van der Waals surface area contributed by atoms with Crippen molar-refractivity contribution in [1.82, 2.24) is 0 Å². The van der Waals surface area contributed by atoms with Crippen LogP contribution in [0.1, 0.15) is 124 Å². The van der Waals surface area contributed by atoms with Gasteiger partial charge in [-0.2, -0.15) is 0 Å². The lowest BCUT2D eigenvalue weighted by Crippen LogP contribution is -2.28. The molecule has 0 unspecified atom stereocenters. The van der Waals surface area contributed by atoms with Crippen molar-refractivity contribution in [2.45, 2.75) is 130 Å². The van der Waals surface area contributed by atoms with E-state index < -0.39 is 12.1 Å². The number of hydrogen-bond donors (Lipinski definition) is 0. The van der Waals surface area contributed by atoms with E-state index in [1.807, 2.05) is 0 Å². The van der Waals surface area contributed by atoms with Gasteiger partial charge >= 0.3 is 11.9 Å². The molecule has 0 amide bonds. The zero-order valence-electron chi connectivity index (χ0n) is 20.1. The number of rotatable bonds is 22. The number of hydrogen-bond acceptors (Lipinski definition) is 5. The molecule has 5 nitrogen and oxygen atoms in total. The lowest BCUT2D eigenvalue weighted by Gasteiger charge is -2.16. The fourth-order valence-electron chi connectivity index (χ4n) is 3.53. The van der Waals surface area contributed by atoms with Crippen molar-refractivity contribution in [2.75, 3.05) is 19.8 Å². The fourth-order valence-corrected chi connectivity index (χ4v) is 3.53. The average molecular weight is 429 g/mol. The molecule has 30 heavy (non-hydrogen) atoms. The van der Waals surface area contributed by atoms with Crippen molar-refractivity contribution in [1.29, 1.82) is 0 Å². The monoisotopic (exact) mass is 428 g/mol. The predicted octanol–water partition coefficient (Wildman–Crippen LogP) is 6.76. The summed E-state index contributed by atoms with van der Waals surface area (Å²) in [5.74, 6) is -0.775. The highest BCUT2D eigenvalue weighted by molar-refractivity contribution is 5.67. The molecule has 0 bridgehead atoms. The molecule has 5 heteroatoms. The second-order valence-electron chi connectivity index (χ2n) is 8.41. The van der Waals surface area contributed by atoms with Gasteiger partial charge in [-0.3, -0.25) is 9.59 Å². The standard InChI is InChI=1S/C25H48O5/c1-4-5-6-7-8-9-10-11-12-13-14-15-16-17-18-19-20-28-21-25(30-24(3)27)22-29-23(2)26/h25H,4-22H2,1-3H3/t25-/m0/s1. The first-order valence-corrected chi connectivity index (χ1v) is 12.4. The molecule has 0 aliphatic carbocycles. The van der Waals surface area contributed by atoms with Gasteiger partial charge in [-0.25, -0.2) is 0 Å². The van der Waals surface area contributed by atoms with Gasteiger partial charge in [0.15, 0.2) is 6.10 Å². The van der Waals surface area contributed by atoms with Crippen molar-refractivity contribution >= 4 is 11.9 Å². The summed E-state index contributed by atoms with van der Waals surface area (Å²) in [4.78, 5) is 21.9. The van der Waals surface area contributed by atoms with E-state index in [-0.39, 0.29) is 19.2 Å². The fraction of sp³-hybridized carbons (Fsp3) is 0.920. The average Bonchev–Trinajstić information content (AvgIpc) is 2.70. The van der Waals surface area contributed by atoms with Crippen LogP contribution < -0.4 is 0 Å². The van der Waals surface area contributed by atoms with Crippen LogP contribution in [-0.4, -0.2) is 37.9 Å². The summed E-state index contributed by atoms with van der Waals surface area (Å²) in [6, 6.07) is 0. The van der Waals surface area contributed by atoms with Crippen LogP contribution in [-0.2, 0) is 23.8 Å². The lowest BCUT2D eigenvalue weighted by atomic mass is 10.0. The van der Waals surface area contributed by atoms with Crippen molar-refractivity contribution in [3.8, 4) is 0 Å². The number of carbonyl (C=O) groups is 2. The molecule has 0 fully saturated rings. The van der Waals surface area contributed by atoms with Gasteiger partial charge in [-0.15, -0.1) is 0 Å². The van der Waals surface area contributed by atoms with Gasteiger partial charge in [0.25, 0.3) is 0 Å². The Balaban J connectivity index is 3.33. The molecule has 0 rings (SSSR count).